The van der Waals surface area contributed by atoms with Crippen LogP contribution in [0.2, 0.25) is 5.02 Å². The number of fused-ring (bicyclic) bond motifs is 2. The second-order valence-electron chi connectivity index (χ2n) is 7.09. The lowest BCUT2D eigenvalue weighted by atomic mass is 10.1. The quantitative estimate of drug-likeness (QED) is 0.386. The summed E-state index contributed by atoms with van der Waals surface area (Å²) in [5, 5.41) is 3.32. The molecule has 1 aliphatic heterocycles. The van der Waals surface area contributed by atoms with Gasteiger partial charge in [-0.05, 0) is 59.0 Å². The van der Waals surface area contributed by atoms with E-state index in [1.807, 2.05) is 18.3 Å². The van der Waals surface area contributed by atoms with E-state index in [0.29, 0.717) is 0 Å². The Morgan fingerprint density at radius 1 is 0.963 bits per heavy atom. The Bertz CT molecular complexity index is 1110. The third-order valence-corrected chi connectivity index (χ3v) is 6.90. The van der Waals surface area contributed by atoms with Crippen molar-refractivity contribution < 1.29 is 0 Å². The van der Waals surface area contributed by atoms with Gasteiger partial charge in [0.1, 0.15) is 0 Å². The van der Waals surface area contributed by atoms with E-state index in [-0.39, 0.29) is 0 Å². The number of anilines is 1. The van der Waals surface area contributed by atoms with Gasteiger partial charge in [0.2, 0.25) is 0 Å². The second-order valence-corrected chi connectivity index (χ2v) is 8.60. The molecule has 2 aromatic carbocycles. The summed E-state index contributed by atoms with van der Waals surface area (Å²) in [7, 11) is 0. The molecule has 4 aromatic rings. The van der Waals surface area contributed by atoms with Gasteiger partial charge in [-0.3, -0.25) is 4.90 Å². The first-order valence-corrected chi connectivity index (χ1v) is 10.6. The molecular formula is C21H20ClIN4. The number of halogens is 2. The van der Waals surface area contributed by atoms with E-state index in [0.717, 1.165) is 43.3 Å². The summed E-state index contributed by atoms with van der Waals surface area (Å²) >= 11 is 8.60. The van der Waals surface area contributed by atoms with E-state index >= 15 is 0 Å². The molecule has 0 amide bonds. The summed E-state index contributed by atoms with van der Waals surface area (Å²) in [6, 6.07) is 14.7. The van der Waals surface area contributed by atoms with Crippen molar-refractivity contribution in [2.75, 3.05) is 31.1 Å². The van der Waals surface area contributed by atoms with E-state index in [9.17, 15) is 0 Å². The highest BCUT2D eigenvalue weighted by molar-refractivity contribution is 14.1. The van der Waals surface area contributed by atoms with Crippen LogP contribution in [0, 0.1) is 3.57 Å². The van der Waals surface area contributed by atoms with E-state index in [2.05, 4.69) is 72.7 Å². The van der Waals surface area contributed by atoms with Crippen molar-refractivity contribution in [2.24, 2.45) is 0 Å². The SMILES string of the molecule is Clc1ccc2[nH]c(CN3CCN(c4cccc5[nH]ccc45)CC3)c(I)c2c1. The van der Waals surface area contributed by atoms with Crippen LogP contribution in [0.1, 0.15) is 5.69 Å². The first kappa shape index (κ1) is 17.4. The van der Waals surface area contributed by atoms with Gasteiger partial charge in [-0.1, -0.05) is 17.7 Å². The van der Waals surface area contributed by atoms with E-state index < -0.39 is 0 Å². The zero-order valence-electron chi connectivity index (χ0n) is 14.8. The lowest BCUT2D eigenvalue weighted by Crippen LogP contribution is -2.46. The van der Waals surface area contributed by atoms with Crippen molar-refractivity contribution in [2.45, 2.75) is 6.54 Å². The molecule has 138 valence electrons. The second kappa shape index (κ2) is 7.04. The summed E-state index contributed by atoms with van der Waals surface area (Å²) in [6.45, 7) is 5.17. The predicted octanol–water partition coefficient (Wildman–Crippen LogP) is 5.23. The van der Waals surface area contributed by atoms with Crippen LogP contribution >= 0.6 is 34.2 Å². The van der Waals surface area contributed by atoms with Gasteiger partial charge in [0.15, 0.2) is 0 Å². The van der Waals surface area contributed by atoms with Crippen LogP contribution in [-0.2, 0) is 6.54 Å². The van der Waals surface area contributed by atoms with E-state index in [1.54, 1.807) is 0 Å². The molecule has 0 radical (unpaired) electrons. The van der Waals surface area contributed by atoms with Crippen molar-refractivity contribution in [3.8, 4) is 0 Å². The minimum atomic E-state index is 0.790. The highest BCUT2D eigenvalue weighted by atomic mass is 127. The Morgan fingerprint density at radius 2 is 1.81 bits per heavy atom. The number of hydrogen-bond acceptors (Lipinski definition) is 2. The normalized spacial score (nSPS) is 15.9. The summed E-state index contributed by atoms with van der Waals surface area (Å²) in [5.41, 5.74) is 5.00. The molecule has 0 spiro atoms. The number of piperazine rings is 1. The number of aromatic nitrogens is 2. The molecule has 0 unspecified atom stereocenters. The zero-order valence-corrected chi connectivity index (χ0v) is 17.7. The van der Waals surface area contributed by atoms with Gasteiger partial charge in [-0.25, -0.2) is 0 Å². The maximum Gasteiger partial charge on any atom is 0.0474 e. The molecule has 1 saturated heterocycles. The van der Waals surface area contributed by atoms with Gasteiger partial charge in [0.05, 0.1) is 0 Å². The van der Waals surface area contributed by atoms with Crippen molar-refractivity contribution >= 4 is 61.7 Å². The van der Waals surface area contributed by atoms with Gasteiger partial charge in [0.25, 0.3) is 0 Å². The Kier molecular flexibility index (Phi) is 4.53. The van der Waals surface area contributed by atoms with Crippen LogP contribution in [-0.4, -0.2) is 41.0 Å². The van der Waals surface area contributed by atoms with Gasteiger partial charge in [-0.15, -0.1) is 0 Å². The number of benzene rings is 2. The molecule has 6 heteroatoms. The topological polar surface area (TPSA) is 38.1 Å². The van der Waals surface area contributed by atoms with E-state index in [4.69, 9.17) is 11.6 Å². The molecule has 0 aliphatic carbocycles. The Balaban J connectivity index is 1.31. The molecule has 2 N–H and O–H groups in total. The molecule has 27 heavy (non-hydrogen) atoms. The molecule has 4 nitrogen and oxygen atoms in total. The maximum absolute atomic E-state index is 6.16. The van der Waals surface area contributed by atoms with Crippen LogP contribution in [0.3, 0.4) is 0 Å². The fourth-order valence-electron chi connectivity index (χ4n) is 4.01. The molecule has 0 saturated carbocycles. The minimum Gasteiger partial charge on any atom is -0.368 e. The summed E-state index contributed by atoms with van der Waals surface area (Å²) in [5.74, 6) is 0. The number of H-pyrrole nitrogens is 2. The average Bonchev–Trinajstić information content (AvgIpc) is 3.28. The third kappa shape index (κ3) is 3.22. The van der Waals surface area contributed by atoms with Gasteiger partial charge in [0, 0.05) is 80.7 Å². The van der Waals surface area contributed by atoms with Crippen molar-refractivity contribution in [3.63, 3.8) is 0 Å². The van der Waals surface area contributed by atoms with Crippen molar-refractivity contribution in [3.05, 3.63) is 62.9 Å². The highest BCUT2D eigenvalue weighted by Gasteiger charge is 2.20. The number of nitrogens with one attached hydrogen (secondary N) is 2. The van der Waals surface area contributed by atoms with Gasteiger partial charge >= 0.3 is 0 Å². The molecule has 0 atom stereocenters. The Labute approximate surface area is 176 Å². The average molecular weight is 491 g/mol. The molecule has 1 fully saturated rings. The molecular weight excluding hydrogens is 471 g/mol. The van der Waals surface area contributed by atoms with Crippen molar-refractivity contribution in [1.82, 2.24) is 14.9 Å². The number of rotatable bonds is 3. The van der Waals surface area contributed by atoms with Crippen molar-refractivity contribution in [1.29, 1.82) is 0 Å². The maximum atomic E-state index is 6.16. The molecule has 0 bridgehead atoms. The first-order chi connectivity index (χ1) is 13.2. The lowest BCUT2D eigenvalue weighted by molar-refractivity contribution is 0.247. The Morgan fingerprint density at radius 3 is 2.67 bits per heavy atom. The zero-order chi connectivity index (χ0) is 18.4. The third-order valence-electron chi connectivity index (χ3n) is 5.44. The predicted molar refractivity (Wildman–Crippen MR) is 122 cm³/mol. The minimum absolute atomic E-state index is 0.790. The summed E-state index contributed by atoms with van der Waals surface area (Å²) in [4.78, 5) is 11.9. The van der Waals surface area contributed by atoms with Gasteiger partial charge in [-0.2, -0.15) is 0 Å². The smallest absolute Gasteiger partial charge is 0.0474 e. The van der Waals surface area contributed by atoms with Crippen LogP contribution in [0.25, 0.3) is 21.8 Å². The fraction of sp³-hybridized carbons (Fsp3) is 0.238. The first-order valence-electron chi connectivity index (χ1n) is 9.18. The number of hydrogen-bond donors (Lipinski definition) is 2. The molecule has 2 aromatic heterocycles. The molecule has 3 heterocycles. The van der Waals surface area contributed by atoms with Crippen LogP contribution < -0.4 is 4.90 Å². The van der Waals surface area contributed by atoms with Crippen LogP contribution in [0.5, 0.6) is 0 Å². The van der Waals surface area contributed by atoms with Gasteiger partial charge < -0.3 is 14.9 Å². The molecule has 5 rings (SSSR count). The summed E-state index contributed by atoms with van der Waals surface area (Å²) in [6.07, 6.45) is 2.02. The van der Waals surface area contributed by atoms with Crippen LogP contribution in [0.4, 0.5) is 5.69 Å². The summed E-state index contributed by atoms with van der Waals surface area (Å²) < 4.78 is 1.28. The highest BCUT2D eigenvalue weighted by Crippen LogP contribution is 2.29. The monoisotopic (exact) mass is 490 g/mol. The number of aromatic amines is 2. The molecule has 1 aliphatic rings. The largest absolute Gasteiger partial charge is 0.368 e. The number of nitrogens with zero attached hydrogens (tertiary/aromatic N) is 2. The Hall–Kier alpha value is -1.70. The fourth-order valence-corrected chi connectivity index (χ4v) is 4.93. The lowest BCUT2D eigenvalue weighted by Gasteiger charge is -2.36. The van der Waals surface area contributed by atoms with Crippen LogP contribution in [0.15, 0.2) is 48.7 Å². The van der Waals surface area contributed by atoms with E-state index in [1.165, 1.54) is 31.2 Å². The standard InChI is InChI=1S/C21H20ClIN4/c22-14-4-5-18-16(12-14)21(23)19(25-18)13-26-8-10-27(11-9-26)20-3-1-2-17-15(20)6-7-24-17/h1-7,12,24-25H,8-11,13H2.